The molecule has 0 aromatic heterocycles. The molecule has 1 aliphatic heterocycles. The van der Waals surface area contributed by atoms with Crippen LogP contribution in [0.5, 0.6) is 0 Å². The fourth-order valence-electron chi connectivity index (χ4n) is 2.29. The number of amides is 3. The van der Waals surface area contributed by atoms with Gasteiger partial charge in [0.1, 0.15) is 6.54 Å². The highest BCUT2D eigenvalue weighted by molar-refractivity contribution is 5.84. The lowest BCUT2D eigenvalue weighted by Crippen LogP contribution is -2.51. The summed E-state index contributed by atoms with van der Waals surface area (Å²) in [4.78, 5) is 37.9. The number of aliphatic carboxylic acids is 1. The van der Waals surface area contributed by atoms with Crippen molar-refractivity contribution < 1.29 is 19.5 Å². The Morgan fingerprint density at radius 2 is 2.05 bits per heavy atom. The van der Waals surface area contributed by atoms with E-state index in [2.05, 4.69) is 5.32 Å². The van der Waals surface area contributed by atoms with Gasteiger partial charge >= 0.3 is 12.0 Å². The summed E-state index contributed by atoms with van der Waals surface area (Å²) in [6.45, 7) is 5.35. The van der Waals surface area contributed by atoms with E-state index in [9.17, 15) is 14.4 Å². The second-order valence-corrected chi connectivity index (χ2v) is 4.87. The van der Waals surface area contributed by atoms with Crippen molar-refractivity contribution in [3.8, 4) is 0 Å². The van der Waals surface area contributed by atoms with Crippen LogP contribution in [-0.2, 0) is 9.59 Å². The van der Waals surface area contributed by atoms with E-state index in [1.54, 1.807) is 6.92 Å². The van der Waals surface area contributed by atoms with Crippen LogP contribution in [-0.4, -0.2) is 65.5 Å². The third kappa shape index (κ3) is 4.40. The van der Waals surface area contributed by atoms with Gasteiger partial charge in [0, 0.05) is 26.2 Å². The Bertz CT molecular complexity index is 373. The van der Waals surface area contributed by atoms with Gasteiger partial charge in [-0.1, -0.05) is 0 Å². The highest BCUT2D eigenvalue weighted by Crippen LogP contribution is 2.17. The molecule has 7 nitrogen and oxygen atoms in total. The van der Waals surface area contributed by atoms with E-state index >= 15 is 0 Å². The van der Waals surface area contributed by atoms with E-state index in [0.717, 1.165) is 0 Å². The maximum absolute atomic E-state index is 12.3. The molecule has 2 N–H and O–H groups in total. The maximum Gasteiger partial charge on any atom is 0.320 e. The number of carboxylic acids is 1. The predicted molar refractivity (Wildman–Crippen MR) is 73.3 cm³/mol. The summed E-state index contributed by atoms with van der Waals surface area (Å²) >= 11 is 0. The molecule has 1 saturated heterocycles. The lowest BCUT2D eigenvalue weighted by atomic mass is 9.99. The zero-order valence-corrected chi connectivity index (χ0v) is 12.1. The van der Waals surface area contributed by atoms with Crippen LogP contribution in [0.4, 0.5) is 4.79 Å². The van der Waals surface area contributed by atoms with E-state index in [1.165, 1.54) is 9.80 Å². The number of hydrogen-bond donors (Lipinski definition) is 2. The first-order chi connectivity index (χ1) is 9.49. The normalized spacial score (nSPS) is 18.5. The van der Waals surface area contributed by atoms with Crippen LogP contribution in [0, 0.1) is 5.92 Å². The molecule has 3 amide bonds. The monoisotopic (exact) mass is 285 g/mol. The number of nitrogens with zero attached hydrogens (tertiary/aromatic N) is 2. The number of urea groups is 1. The molecule has 1 rings (SSSR count). The first kappa shape index (κ1) is 16.3. The van der Waals surface area contributed by atoms with Crippen LogP contribution < -0.4 is 5.32 Å². The molecule has 0 unspecified atom stereocenters. The molecule has 1 atom stereocenters. The minimum atomic E-state index is -0.866. The Labute approximate surface area is 118 Å². The standard InChI is InChI=1S/C13H23N3O4/c1-3-14-11(17)9-15(4-2)13(20)16-7-5-6-10(8-16)12(18)19/h10H,3-9H2,1-2H3,(H,14,17)(H,18,19)/t10-/m0/s1. The quantitative estimate of drug-likeness (QED) is 0.763. The van der Waals surface area contributed by atoms with Crippen molar-refractivity contribution in [1.29, 1.82) is 0 Å². The van der Waals surface area contributed by atoms with Gasteiger partial charge in [-0.2, -0.15) is 0 Å². The van der Waals surface area contributed by atoms with Crippen molar-refractivity contribution in [1.82, 2.24) is 15.1 Å². The van der Waals surface area contributed by atoms with Crippen LogP contribution in [0.3, 0.4) is 0 Å². The van der Waals surface area contributed by atoms with Gasteiger partial charge in [0.15, 0.2) is 0 Å². The van der Waals surface area contributed by atoms with Crippen molar-refractivity contribution in [2.45, 2.75) is 26.7 Å². The first-order valence-electron chi connectivity index (χ1n) is 7.02. The topological polar surface area (TPSA) is 90.0 Å². The molecule has 0 radical (unpaired) electrons. The fraction of sp³-hybridized carbons (Fsp3) is 0.769. The number of rotatable bonds is 5. The third-order valence-electron chi connectivity index (χ3n) is 3.40. The van der Waals surface area contributed by atoms with Crippen molar-refractivity contribution in [3.05, 3.63) is 0 Å². The van der Waals surface area contributed by atoms with Gasteiger partial charge in [0.25, 0.3) is 0 Å². The lowest BCUT2D eigenvalue weighted by Gasteiger charge is -2.34. The van der Waals surface area contributed by atoms with E-state index in [4.69, 9.17) is 5.11 Å². The zero-order chi connectivity index (χ0) is 15.1. The van der Waals surface area contributed by atoms with Gasteiger partial charge in [0.05, 0.1) is 5.92 Å². The van der Waals surface area contributed by atoms with Gasteiger partial charge in [-0.15, -0.1) is 0 Å². The number of carbonyl (C=O) groups is 3. The first-order valence-corrected chi connectivity index (χ1v) is 7.02. The minimum absolute atomic E-state index is 0.0113. The molecule has 114 valence electrons. The molecule has 1 fully saturated rings. The van der Waals surface area contributed by atoms with Gasteiger partial charge in [-0.25, -0.2) is 4.79 Å². The second kappa shape index (κ2) is 7.72. The number of hydrogen-bond acceptors (Lipinski definition) is 3. The second-order valence-electron chi connectivity index (χ2n) is 4.87. The van der Waals surface area contributed by atoms with Crippen LogP contribution in [0.2, 0.25) is 0 Å². The average molecular weight is 285 g/mol. The van der Waals surface area contributed by atoms with Crippen molar-refractivity contribution in [3.63, 3.8) is 0 Å². The fourth-order valence-corrected chi connectivity index (χ4v) is 2.29. The summed E-state index contributed by atoms with van der Waals surface area (Å²) in [7, 11) is 0. The molecule has 1 heterocycles. The summed E-state index contributed by atoms with van der Waals surface area (Å²) in [6, 6.07) is -0.260. The maximum atomic E-state index is 12.3. The Kier molecular flexibility index (Phi) is 6.27. The number of likely N-dealkylation sites (tertiary alicyclic amines) is 1. The van der Waals surface area contributed by atoms with Crippen LogP contribution >= 0.6 is 0 Å². The number of likely N-dealkylation sites (N-methyl/N-ethyl adjacent to an activating group) is 2. The van der Waals surface area contributed by atoms with Crippen molar-refractivity contribution in [2.24, 2.45) is 5.92 Å². The summed E-state index contributed by atoms with van der Waals surface area (Å²) < 4.78 is 0. The SMILES string of the molecule is CCNC(=O)CN(CC)C(=O)N1CCC[C@H](C(=O)O)C1. The summed E-state index contributed by atoms with van der Waals surface area (Å²) in [5, 5.41) is 11.7. The average Bonchev–Trinajstić information content (AvgIpc) is 2.44. The van der Waals surface area contributed by atoms with Crippen molar-refractivity contribution in [2.75, 3.05) is 32.7 Å². The molecule has 0 spiro atoms. The molecule has 0 aliphatic carbocycles. The van der Waals surface area contributed by atoms with Crippen LogP contribution in [0.25, 0.3) is 0 Å². The summed E-state index contributed by atoms with van der Waals surface area (Å²) in [6.07, 6.45) is 1.28. The zero-order valence-electron chi connectivity index (χ0n) is 12.1. The largest absolute Gasteiger partial charge is 0.481 e. The van der Waals surface area contributed by atoms with E-state index < -0.39 is 11.9 Å². The molecule has 0 bridgehead atoms. The lowest BCUT2D eigenvalue weighted by molar-refractivity contribution is -0.143. The Balaban J connectivity index is 2.61. The molecule has 0 aromatic carbocycles. The number of nitrogens with one attached hydrogen (secondary N) is 1. The Morgan fingerprint density at radius 1 is 1.35 bits per heavy atom. The molecular weight excluding hydrogens is 262 g/mol. The summed E-state index contributed by atoms with van der Waals surface area (Å²) in [5.74, 6) is -1.57. The van der Waals surface area contributed by atoms with Crippen LogP contribution in [0.1, 0.15) is 26.7 Å². The number of piperidine rings is 1. The molecule has 20 heavy (non-hydrogen) atoms. The summed E-state index contributed by atoms with van der Waals surface area (Å²) in [5.41, 5.74) is 0. The van der Waals surface area contributed by atoms with Crippen molar-refractivity contribution >= 4 is 17.9 Å². The Morgan fingerprint density at radius 3 is 2.60 bits per heavy atom. The van der Waals surface area contributed by atoms with E-state index in [-0.39, 0.29) is 25.0 Å². The highest BCUT2D eigenvalue weighted by atomic mass is 16.4. The van der Waals surface area contributed by atoms with Crippen LogP contribution in [0.15, 0.2) is 0 Å². The van der Waals surface area contributed by atoms with Gasteiger partial charge in [0.2, 0.25) is 5.91 Å². The number of carboxylic acid groups (broad SMARTS) is 1. The smallest absolute Gasteiger partial charge is 0.320 e. The highest BCUT2D eigenvalue weighted by Gasteiger charge is 2.30. The third-order valence-corrected chi connectivity index (χ3v) is 3.40. The van der Waals surface area contributed by atoms with Gasteiger partial charge in [-0.3, -0.25) is 9.59 Å². The molecular formula is C13H23N3O4. The minimum Gasteiger partial charge on any atom is -0.481 e. The van der Waals surface area contributed by atoms with Gasteiger partial charge < -0.3 is 20.2 Å². The molecule has 7 heteroatoms. The molecule has 0 aromatic rings. The molecule has 1 aliphatic rings. The van der Waals surface area contributed by atoms with Gasteiger partial charge in [-0.05, 0) is 26.7 Å². The molecule has 0 saturated carbocycles. The number of carbonyl (C=O) groups excluding carboxylic acids is 2. The predicted octanol–water partition coefficient (Wildman–Crippen LogP) is 0.361. The van der Waals surface area contributed by atoms with E-state index in [0.29, 0.717) is 32.5 Å². The Hall–Kier alpha value is -1.79. The van der Waals surface area contributed by atoms with E-state index in [1.807, 2.05) is 6.92 Å².